The van der Waals surface area contributed by atoms with Gasteiger partial charge < -0.3 is 38.2 Å². The average Bonchev–Trinajstić information content (AvgIpc) is 3.90. The predicted octanol–water partition coefficient (Wildman–Crippen LogP) is 8.08. The molecule has 14 heteroatoms. The van der Waals surface area contributed by atoms with Gasteiger partial charge in [-0.05, 0) is 117 Å². The molecule has 67 heavy (non-hydrogen) atoms. The standard InChI is InChI=1S/C53H74N8O6/c1-40(2)39-66-50-33-41(9-13-48(50)62-3)37-56-21-17-43(18-22-56)60(45-11-15-52(54-35-45)58-25-29-64-30-26-58)61(46-12-16-53(55-36-46)59-27-31-65-32-28-59)44-19-23-57(24-20-44)38-42-10-14-49(63-4)51(34-42)67-47-7-5-6-8-47/h9-16,33-36,40,43-44,47H,5-8,17-32,37-39H2,1-4H3. The molecule has 2 aromatic carbocycles. The SMILES string of the molecule is COc1ccc(CN2CCC(N(c3ccc(N4CCOCC4)nc3)N(c3ccc(N4CCOCC4)nc3)C3CCN(Cc4ccc(OC)c(OC5CCCC5)c4)CC3)CC2)cc1OCC(C)C. The third-order valence-corrected chi connectivity index (χ3v) is 14.1. The Morgan fingerprint density at radius 1 is 0.567 bits per heavy atom. The molecule has 5 fully saturated rings. The fourth-order valence-electron chi connectivity index (χ4n) is 10.5. The van der Waals surface area contributed by atoms with Gasteiger partial charge in [0.2, 0.25) is 0 Å². The first kappa shape index (κ1) is 47.1. The minimum Gasteiger partial charge on any atom is -0.493 e. The summed E-state index contributed by atoms with van der Waals surface area (Å²) in [5.41, 5.74) is 4.74. The quantitative estimate of drug-likeness (QED) is 0.0900. The normalized spacial score (nSPS) is 19.5. The van der Waals surface area contributed by atoms with Crippen molar-refractivity contribution in [1.29, 1.82) is 0 Å². The Kier molecular flexibility index (Phi) is 16.1. The van der Waals surface area contributed by atoms with E-state index in [-0.39, 0.29) is 18.2 Å². The average molecular weight is 919 g/mol. The van der Waals surface area contributed by atoms with Gasteiger partial charge in [0.25, 0.3) is 0 Å². The van der Waals surface area contributed by atoms with Crippen molar-refractivity contribution in [2.24, 2.45) is 5.92 Å². The molecule has 6 heterocycles. The fraction of sp³-hybridized carbons (Fsp3) is 0.585. The Morgan fingerprint density at radius 2 is 1.03 bits per heavy atom. The maximum Gasteiger partial charge on any atom is 0.161 e. The Balaban J connectivity index is 0.973. The molecule has 362 valence electrons. The molecule has 14 nitrogen and oxygen atoms in total. The lowest BCUT2D eigenvalue weighted by Crippen LogP contribution is -2.59. The van der Waals surface area contributed by atoms with E-state index in [2.05, 4.69) is 117 Å². The maximum atomic E-state index is 6.51. The first-order valence-electron chi connectivity index (χ1n) is 25.1. The highest BCUT2D eigenvalue weighted by molar-refractivity contribution is 5.61. The van der Waals surface area contributed by atoms with Crippen molar-refractivity contribution in [3.63, 3.8) is 0 Å². The summed E-state index contributed by atoms with van der Waals surface area (Å²) in [5, 5.41) is 5.22. The fourth-order valence-corrected chi connectivity index (χ4v) is 10.5. The molecular formula is C53H74N8O6. The first-order chi connectivity index (χ1) is 32.9. The molecule has 1 saturated carbocycles. The smallest absolute Gasteiger partial charge is 0.161 e. The van der Waals surface area contributed by atoms with E-state index in [1.807, 2.05) is 0 Å². The molecule has 0 amide bonds. The highest BCUT2D eigenvalue weighted by Crippen LogP contribution is 2.37. The number of anilines is 4. The summed E-state index contributed by atoms with van der Waals surface area (Å²) in [6.07, 6.45) is 13.3. The van der Waals surface area contributed by atoms with Gasteiger partial charge in [0.05, 0.1) is 89.2 Å². The number of benzene rings is 2. The van der Waals surface area contributed by atoms with Crippen molar-refractivity contribution in [2.75, 3.05) is 119 Å². The van der Waals surface area contributed by atoms with Gasteiger partial charge in [-0.25, -0.2) is 9.97 Å². The molecule has 1 aliphatic carbocycles. The zero-order valence-electron chi connectivity index (χ0n) is 40.5. The highest BCUT2D eigenvalue weighted by atomic mass is 16.5. The zero-order valence-corrected chi connectivity index (χ0v) is 40.5. The third kappa shape index (κ3) is 12.0. The third-order valence-electron chi connectivity index (χ3n) is 14.1. The van der Waals surface area contributed by atoms with E-state index in [1.54, 1.807) is 14.2 Å². The van der Waals surface area contributed by atoms with Crippen molar-refractivity contribution < 1.29 is 28.4 Å². The zero-order chi connectivity index (χ0) is 46.0. The van der Waals surface area contributed by atoms with E-state index in [9.17, 15) is 0 Å². The molecule has 4 aromatic rings. The van der Waals surface area contributed by atoms with Crippen LogP contribution in [0.25, 0.3) is 0 Å². The summed E-state index contributed by atoms with van der Waals surface area (Å²) in [4.78, 5) is 20.2. The molecule has 5 aliphatic rings. The van der Waals surface area contributed by atoms with E-state index in [0.717, 1.165) is 176 Å². The van der Waals surface area contributed by atoms with Crippen molar-refractivity contribution in [1.82, 2.24) is 19.8 Å². The topological polar surface area (TPSA) is 101 Å². The van der Waals surface area contributed by atoms with Crippen LogP contribution in [0.4, 0.5) is 23.0 Å². The molecule has 0 N–H and O–H groups in total. The number of hydrogen-bond acceptors (Lipinski definition) is 14. The van der Waals surface area contributed by atoms with Gasteiger partial charge in [-0.15, -0.1) is 0 Å². The van der Waals surface area contributed by atoms with Crippen LogP contribution in [0.2, 0.25) is 0 Å². The lowest BCUT2D eigenvalue weighted by Gasteiger charge is -2.50. The molecule has 0 radical (unpaired) electrons. The van der Waals surface area contributed by atoms with Gasteiger partial charge in [0.1, 0.15) is 11.6 Å². The monoisotopic (exact) mass is 919 g/mol. The van der Waals surface area contributed by atoms with Crippen LogP contribution in [0.1, 0.15) is 76.3 Å². The second kappa shape index (κ2) is 22.9. The van der Waals surface area contributed by atoms with Crippen molar-refractivity contribution in [2.45, 2.75) is 96.5 Å². The summed E-state index contributed by atoms with van der Waals surface area (Å²) >= 11 is 0. The number of methoxy groups -OCH3 is 2. The van der Waals surface area contributed by atoms with Crippen LogP contribution in [0.5, 0.6) is 23.0 Å². The van der Waals surface area contributed by atoms with E-state index < -0.39 is 0 Å². The van der Waals surface area contributed by atoms with E-state index in [0.29, 0.717) is 12.5 Å². The van der Waals surface area contributed by atoms with Crippen LogP contribution < -0.4 is 38.8 Å². The number of pyridine rings is 2. The lowest BCUT2D eigenvalue weighted by molar-refractivity contribution is 0.122. The molecule has 9 rings (SSSR count). The number of piperidine rings is 2. The van der Waals surface area contributed by atoms with Gasteiger partial charge in [0.15, 0.2) is 23.0 Å². The number of rotatable bonds is 18. The van der Waals surface area contributed by atoms with E-state index in [1.165, 1.54) is 24.0 Å². The summed E-state index contributed by atoms with van der Waals surface area (Å²) in [5.74, 6) is 5.73. The number of hydrogen-bond donors (Lipinski definition) is 0. The van der Waals surface area contributed by atoms with Crippen molar-refractivity contribution in [3.05, 3.63) is 84.2 Å². The Labute approximate surface area is 399 Å². The molecule has 4 saturated heterocycles. The largest absolute Gasteiger partial charge is 0.493 e. The summed E-state index contributed by atoms with van der Waals surface area (Å²) in [6, 6.07) is 22.4. The number of nitrogens with zero attached hydrogens (tertiary/aromatic N) is 8. The minimum absolute atomic E-state index is 0.252. The molecule has 0 spiro atoms. The van der Waals surface area contributed by atoms with Gasteiger partial charge in [0, 0.05) is 65.4 Å². The van der Waals surface area contributed by atoms with Crippen LogP contribution in [-0.2, 0) is 22.6 Å². The van der Waals surface area contributed by atoms with Crippen LogP contribution in [0.15, 0.2) is 73.1 Å². The van der Waals surface area contributed by atoms with Gasteiger partial charge >= 0.3 is 0 Å². The van der Waals surface area contributed by atoms with Crippen LogP contribution in [-0.4, -0.2) is 138 Å². The first-order valence-corrected chi connectivity index (χ1v) is 25.1. The minimum atomic E-state index is 0.252. The predicted molar refractivity (Wildman–Crippen MR) is 265 cm³/mol. The van der Waals surface area contributed by atoms with Gasteiger partial charge in [-0.1, -0.05) is 26.0 Å². The van der Waals surface area contributed by atoms with Crippen LogP contribution >= 0.6 is 0 Å². The number of aromatic nitrogens is 2. The summed E-state index contributed by atoms with van der Waals surface area (Å²) < 4.78 is 35.5. The molecule has 0 bridgehead atoms. The Bertz CT molecular complexity index is 2130. The number of hydrazine groups is 1. The maximum absolute atomic E-state index is 6.51. The van der Waals surface area contributed by atoms with Gasteiger partial charge in [-0.3, -0.25) is 19.8 Å². The number of likely N-dealkylation sites (tertiary alicyclic amines) is 2. The second-order valence-electron chi connectivity index (χ2n) is 19.4. The summed E-state index contributed by atoms with van der Waals surface area (Å²) in [7, 11) is 3.45. The molecule has 0 unspecified atom stereocenters. The van der Waals surface area contributed by atoms with E-state index in [4.69, 9.17) is 38.4 Å². The van der Waals surface area contributed by atoms with Crippen molar-refractivity contribution >= 4 is 23.0 Å². The molecule has 0 atom stereocenters. The van der Waals surface area contributed by atoms with E-state index >= 15 is 0 Å². The second-order valence-corrected chi connectivity index (χ2v) is 19.4. The van der Waals surface area contributed by atoms with Crippen molar-refractivity contribution in [3.8, 4) is 23.0 Å². The van der Waals surface area contributed by atoms with Crippen LogP contribution in [0.3, 0.4) is 0 Å². The number of ether oxygens (including phenoxy) is 6. The number of morpholine rings is 2. The molecule has 4 aliphatic heterocycles. The molecule has 2 aromatic heterocycles. The van der Waals surface area contributed by atoms with Crippen LogP contribution in [0, 0.1) is 5.92 Å². The molecular weight excluding hydrogens is 845 g/mol. The Morgan fingerprint density at radius 3 is 1.46 bits per heavy atom. The van der Waals surface area contributed by atoms with Gasteiger partial charge in [-0.2, -0.15) is 0 Å². The highest BCUT2D eigenvalue weighted by Gasteiger charge is 2.36. The lowest BCUT2D eigenvalue weighted by atomic mass is 10.00. The summed E-state index contributed by atoms with van der Waals surface area (Å²) in [6.45, 7) is 17.0. The Hall–Kier alpha value is -5.02.